The monoisotopic (exact) mass is 374 g/mol. The van der Waals surface area contributed by atoms with Crippen molar-refractivity contribution >= 4 is 11.9 Å². The molecule has 1 unspecified atom stereocenters. The van der Waals surface area contributed by atoms with Crippen molar-refractivity contribution in [1.29, 1.82) is 0 Å². The lowest BCUT2D eigenvalue weighted by atomic mass is 10.1. The van der Waals surface area contributed by atoms with Crippen LogP contribution in [0.4, 0.5) is 0 Å². The Morgan fingerprint density at radius 1 is 1.26 bits per heavy atom. The minimum absolute atomic E-state index is 0.0229. The molecule has 1 aliphatic rings. The van der Waals surface area contributed by atoms with E-state index in [0.29, 0.717) is 12.1 Å². The SMILES string of the molecule is CCC(C)NC(=O)c1ccc(CNC(=NC)NCCCOCC2CC2)cc1. The maximum absolute atomic E-state index is 12.1. The normalized spacial score (nSPS) is 15.3. The molecule has 0 radical (unpaired) electrons. The zero-order valence-electron chi connectivity index (χ0n) is 16.9. The lowest BCUT2D eigenvalue weighted by molar-refractivity contribution is 0.0939. The molecule has 6 nitrogen and oxygen atoms in total. The Balaban J connectivity index is 1.65. The molecular formula is C21H34N4O2. The second-order valence-electron chi connectivity index (χ2n) is 7.20. The number of rotatable bonds is 11. The van der Waals surface area contributed by atoms with Crippen molar-refractivity contribution < 1.29 is 9.53 Å². The Hall–Kier alpha value is -2.08. The average molecular weight is 375 g/mol. The van der Waals surface area contributed by atoms with Crippen LogP contribution in [0.5, 0.6) is 0 Å². The van der Waals surface area contributed by atoms with E-state index in [1.807, 2.05) is 31.2 Å². The summed E-state index contributed by atoms with van der Waals surface area (Å²) in [4.78, 5) is 16.3. The van der Waals surface area contributed by atoms with Crippen molar-refractivity contribution in [3.05, 3.63) is 35.4 Å². The maximum Gasteiger partial charge on any atom is 0.251 e. The number of hydrogen-bond donors (Lipinski definition) is 3. The number of amides is 1. The highest BCUT2D eigenvalue weighted by atomic mass is 16.5. The summed E-state index contributed by atoms with van der Waals surface area (Å²) < 4.78 is 5.63. The molecule has 3 N–H and O–H groups in total. The summed E-state index contributed by atoms with van der Waals surface area (Å²) >= 11 is 0. The lowest BCUT2D eigenvalue weighted by Crippen LogP contribution is -2.37. The van der Waals surface area contributed by atoms with Crippen molar-refractivity contribution in [2.24, 2.45) is 10.9 Å². The van der Waals surface area contributed by atoms with Crippen molar-refractivity contribution in [1.82, 2.24) is 16.0 Å². The molecule has 1 aliphatic carbocycles. The summed E-state index contributed by atoms with van der Waals surface area (Å²) in [7, 11) is 1.77. The first-order chi connectivity index (χ1) is 13.1. The Labute approximate surface area is 163 Å². The van der Waals surface area contributed by atoms with Crippen molar-refractivity contribution in [2.75, 3.05) is 26.8 Å². The molecule has 1 atom stereocenters. The number of aliphatic imine (C=N–C) groups is 1. The molecular weight excluding hydrogens is 340 g/mol. The molecule has 1 aromatic rings. The fraction of sp³-hybridized carbons (Fsp3) is 0.619. The second-order valence-corrected chi connectivity index (χ2v) is 7.20. The van der Waals surface area contributed by atoms with Crippen LogP contribution in [0.1, 0.15) is 55.5 Å². The molecule has 1 saturated carbocycles. The van der Waals surface area contributed by atoms with Gasteiger partial charge in [0.15, 0.2) is 5.96 Å². The van der Waals surface area contributed by atoms with E-state index < -0.39 is 0 Å². The number of nitrogens with zero attached hydrogens (tertiary/aromatic N) is 1. The molecule has 0 aromatic heterocycles. The number of hydrogen-bond acceptors (Lipinski definition) is 3. The van der Waals surface area contributed by atoms with Crippen molar-refractivity contribution in [3.8, 4) is 0 Å². The van der Waals surface area contributed by atoms with Crippen LogP contribution in [0.25, 0.3) is 0 Å². The van der Waals surface area contributed by atoms with Gasteiger partial charge < -0.3 is 20.7 Å². The Kier molecular flexibility index (Phi) is 9.11. The largest absolute Gasteiger partial charge is 0.381 e. The number of carbonyl (C=O) groups excluding carboxylic acids is 1. The van der Waals surface area contributed by atoms with Crippen LogP contribution in [0.3, 0.4) is 0 Å². The molecule has 1 amide bonds. The first-order valence-corrected chi connectivity index (χ1v) is 10.0. The molecule has 150 valence electrons. The van der Waals surface area contributed by atoms with Crippen LogP contribution in [-0.4, -0.2) is 44.7 Å². The predicted octanol–water partition coefficient (Wildman–Crippen LogP) is 2.70. The molecule has 6 heteroatoms. The summed E-state index contributed by atoms with van der Waals surface area (Å²) in [6, 6.07) is 7.85. The minimum Gasteiger partial charge on any atom is -0.381 e. The lowest BCUT2D eigenvalue weighted by Gasteiger charge is -2.13. The van der Waals surface area contributed by atoms with Crippen LogP contribution in [0, 0.1) is 5.92 Å². The van der Waals surface area contributed by atoms with E-state index in [1.54, 1.807) is 7.05 Å². The summed E-state index contributed by atoms with van der Waals surface area (Å²) in [5.74, 6) is 1.57. The predicted molar refractivity (Wildman–Crippen MR) is 110 cm³/mol. The van der Waals surface area contributed by atoms with Gasteiger partial charge in [0.2, 0.25) is 0 Å². The average Bonchev–Trinajstić information content (AvgIpc) is 3.51. The van der Waals surface area contributed by atoms with Gasteiger partial charge in [-0.25, -0.2) is 0 Å². The first kappa shape index (κ1) is 21.2. The fourth-order valence-electron chi connectivity index (χ4n) is 2.51. The van der Waals surface area contributed by atoms with Crippen LogP contribution in [0.15, 0.2) is 29.3 Å². The summed E-state index contributed by atoms with van der Waals surface area (Å²) in [5, 5.41) is 9.57. The van der Waals surface area contributed by atoms with E-state index in [4.69, 9.17) is 4.74 Å². The quantitative estimate of drug-likeness (QED) is 0.316. The fourth-order valence-corrected chi connectivity index (χ4v) is 2.51. The van der Waals surface area contributed by atoms with Gasteiger partial charge in [-0.1, -0.05) is 19.1 Å². The van der Waals surface area contributed by atoms with Gasteiger partial charge >= 0.3 is 0 Å². The zero-order valence-corrected chi connectivity index (χ0v) is 16.9. The van der Waals surface area contributed by atoms with Crippen LogP contribution < -0.4 is 16.0 Å². The third-order valence-corrected chi connectivity index (χ3v) is 4.70. The van der Waals surface area contributed by atoms with E-state index >= 15 is 0 Å². The highest BCUT2D eigenvalue weighted by Gasteiger charge is 2.20. The van der Waals surface area contributed by atoms with E-state index in [0.717, 1.165) is 50.0 Å². The smallest absolute Gasteiger partial charge is 0.251 e. The first-order valence-electron chi connectivity index (χ1n) is 10.0. The van der Waals surface area contributed by atoms with Crippen LogP contribution in [-0.2, 0) is 11.3 Å². The molecule has 2 rings (SSSR count). The van der Waals surface area contributed by atoms with Gasteiger partial charge in [-0.15, -0.1) is 0 Å². The van der Waals surface area contributed by atoms with Gasteiger partial charge in [-0.3, -0.25) is 9.79 Å². The standard InChI is InChI=1S/C21H34N4O2/c1-4-16(2)25-20(26)19-10-8-17(9-11-19)14-24-21(22-3)23-12-5-13-27-15-18-6-7-18/h8-11,16,18H,4-7,12-15H2,1-3H3,(H,25,26)(H2,22,23,24). The number of ether oxygens (including phenoxy) is 1. The highest BCUT2D eigenvalue weighted by Crippen LogP contribution is 2.28. The number of nitrogens with one attached hydrogen (secondary N) is 3. The maximum atomic E-state index is 12.1. The van der Waals surface area contributed by atoms with E-state index in [2.05, 4.69) is 27.9 Å². The van der Waals surface area contributed by atoms with Gasteiger partial charge in [0.1, 0.15) is 0 Å². The molecule has 27 heavy (non-hydrogen) atoms. The Morgan fingerprint density at radius 3 is 2.63 bits per heavy atom. The topological polar surface area (TPSA) is 74.8 Å². The number of carbonyl (C=O) groups is 1. The summed E-state index contributed by atoms with van der Waals surface area (Å²) in [6.45, 7) is 7.26. The van der Waals surface area contributed by atoms with Crippen molar-refractivity contribution in [2.45, 2.75) is 52.1 Å². The number of guanidine groups is 1. The molecule has 0 spiro atoms. The van der Waals surface area contributed by atoms with Gasteiger partial charge in [0.25, 0.3) is 5.91 Å². The summed E-state index contributed by atoms with van der Waals surface area (Å²) in [6.07, 6.45) is 4.55. The molecule has 0 aliphatic heterocycles. The number of benzene rings is 1. The van der Waals surface area contributed by atoms with Gasteiger partial charge in [-0.05, 0) is 56.2 Å². The highest BCUT2D eigenvalue weighted by molar-refractivity contribution is 5.94. The molecule has 1 aromatic carbocycles. The zero-order chi connectivity index (χ0) is 19.5. The molecule has 0 bridgehead atoms. The van der Waals surface area contributed by atoms with Crippen molar-refractivity contribution in [3.63, 3.8) is 0 Å². The third kappa shape index (κ3) is 8.43. The molecule has 0 heterocycles. The summed E-state index contributed by atoms with van der Waals surface area (Å²) in [5.41, 5.74) is 1.79. The molecule has 0 saturated heterocycles. The van der Waals surface area contributed by atoms with Crippen LogP contribution >= 0.6 is 0 Å². The van der Waals surface area contributed by atoms with E-state index in [9.17, 15) is 4.79 Å². The van der Waals surface area contributed by atoms with Crippen LogP contribution in [0.2, 0.25) is 0 Å². The van der Waals surface area contributed by atoms with Gasteiger partial charge in [-0.2, -0.15) is 0 Å². The second kappa shape index (κ2) is 11.6. The minimum atomic E-state index is -0.0229. The molecule has 1 fully saturated rings. The van der Waals surface area contributed by atoms with Gasteiger partial charge in [0, 0.05) is 45.0 Å². The Bertz CT molecular complexity index is 597. The van der Waals surface area contributed by atoms with E-state index in [-0.39, 0.29) is 11.9 Å². The van der Waals surface area contributed by atoms with Gasteiger partial charge in [0.05, 0.1) is 0 Å². The Morgan fingerprint density at radius 2 is 2.00 bits per heavy atom. The van der Waals surface area contributed by atoms with E-state index in [1.165, 1.54) is 12.8 Å². The third-order valence-electron chi connectivity index (χ3n) is 4.70.